The van der Waals surface area contributed by atoms with Crippen LogP contribution in [0, 0.1) is 5.82 Å². The number of halogens is 2. The third kappa shape index (κ3) is 4.04. The van der Waals surface area contributed by atoms with E-state index in [-0.39, 0.29) is 5.82 Å². The molecule has 0 bridgehead atoms. The van der Waals surface area contributed by atoms with Gasteiger partial charge in [0, 0.05) is 4.47 Å². The van der Waals surface area contributed by atoms with E-state index in [2.05, 4.69) is 15.9 Å². The molecule has 0 unspecified atom stereocenters. The predicted octanol–water partition coefficient (Wildman–Crippen LogP) is 4.05. The van der Waals surface area contributed by atoms with Gasteiger partial charge in [-0.15, -0.1) is 0 Å². The van der Waals surface area contributed by atoms with Crippen molar-refractivity contribution in [1.29, 1.82) is 0 Å². The lowest BCUT2D eigenvalue weighted by Crippen LogP contribution is -2.08. The Bertz CT molecular complexity index is 499. The van der Waals surface area contributed by atoms with Crippen LogP contribution in [0.5, 0.6) is 11.5 Å². The van der Waals surface area contributed by atoms with Gasteiger partial charge in [0.2, 0.25) is 0 Å². The van der Waals surface area contributed by atoms with Crippen LogP contribution in [0.2, 0.25) is 0 Å². The van der Waals surface area contributed by atoms with Gasteiger partial charge in [-0.2, -0.15) is 0 Å². The maximum Gasteiger partial charge on any atom is 0.123 e. The third-order valence-corrected chi connectivity index (χ3v) is 2.72. The zero-order valence-corrected chi connectivity index (χ0v) is 11.2. The molecule has 0 spiro atoms. The van der Waals surface area contributed by atoms with E-state index in [0.717, 1.165) is 10.2 Å². The minimum atomic E-state index is -0.271. The quantitative estimate of drug-likeness (QED) is 0.776. The number of rotatable bonds is 5. The van der Waals surface area contributed by atoms with Crippen molar-refractivity contribution in [3.05, 3.63) is 58.8 Å². The molecule has 2 aromatic carbocycles. The molecule has 2 rings (SSSR count). The second-order valence-electron chi connectivity index (χ2n) is 3.61. The van der Waals surface area contributed by atoms with Crippen LogP contribution in [0.4, 0.5) is 4.39 Å². The smallest absolute Gasteiger partial charge is 0.123 e. The standard InChI is InChI=1S/C14H12BrFO2/c15-11-2-1-3-14(10-11)18-9-8-17-13-6-4-12(16)5-7-13/h1-7,10H,8-9H2. The summed E-state index contributed by atoms with van der Waals surface area (Å²) in [5, 5.41) is 0. The second-order valence-corrected chi connectivity index (χ2v) is 4.52. The topological polar surface area (TPSA) is 18.5 Å². The predicted molar refractivity (Wildman–Crippen MR) is 71.5 cm³/mol. The Morgan fingerprint density at radius 2 is 1.56 bits per heavy atom. The van der Waals surface area contributed by atoms with Crippen molar-refractivity contribution >= 4 is 15.9 Å². The van der Waals surface area contributed by atoms with E-state index >= 15 is 0 Å². The average molecular weight is 311 g/mol. The molecule has 2 aromatic rings. The summed E-state index contributed by atoms with van der Waals surface area (Å²) in [6.45, 7) is 0.853. The highest BCUT2D eigenvalue weighted by Gasteiger charge is 1.97. The first-order chi connectivity index (χ1) is 8.74. The molecule has 0 heterocycles. The Hall–Kier alpha value is -1.55. The van der Waals surface area contributed by atoms with Crippen LogP contribution in [-0.4, -0.2) is 13.2 Å². The summed E-state index contributed by atoms with van der Waals surface area (Å²) >= 11 is 3.37. The number of benzene rings is 2. The molecule has 0 saturated carbocycles. The van der Waals surface area contributed by atoms with E-state index in [4.69, 9.17) is 9.47 Å². The highest BCUT2D eigenvalue weighted by molar-refractivity contribution is 9.10. The Morgan fingerprint density at radius 1 is 0.889 bits per heavy atom. The lowest BCUT2D eigenvalue weighted by atomic mass is 10.3. The fraction of sp³-hybridized carbons (Fsp3) is 0.143. The number of ether oxygens (including phenoxy) is 2. The fourth-order valence-electron chi connectivity index (χ4n) is 1.41. The van der Waals surface area contributed by atoms with E-state index in [0.29, 0.717) is 19.0 Å². The summed E-state index contributed by atoms with van der Waals surface area (Å²) in [6, 6.07) is 13.5. The molecule has 0 amide bonds. The SMILES string of the molecule is Fc1ccc(OCCOc2cccc(Br)c2)cc1. The zero-order valence-electron chi connectivity index (χ0n) is 9.61. The van der Waals surface area contributed by atoms with Gasteiger partial charge in [-0.3, -0.25) is 0 Å². The first kappa shape index (κ1) is 12.9. The Morgan fingerprint density at radius 3 is 2.22 bits per heavy atom. The van der Waals surface area contributed by atoms with E-state index in [1.807, 2.05) is 24.3 Å². The maximum absolute atomic E-state index is 12.6. The van der Waals surface area contributed by atoms with Gasteiger partial charge in [0.15, 0.2) is 0 Å². The van der Waals surface area contributed by atoms with Crippen LogP contribution in [0.25, 0.3) is 0 Å². The second kappa shape index (κ2) is 6.40. The molecule has 0 fully saturated rings. The highest BCUT2D eigenvalue weighted by atomic mass is 79.9. The summed E-state index contributed by atoms with van der Waals surface area (Å²) in [4.78, 5) is 0. The molecule has 94 valence electrons. The number of hydrogen-bond donors (Lipinski definition) is 0. The lowest BCUT2D eigenvalue weighted by Gasteiger charge is -2.08. The summed E-state index contributed by atoms with van der Waals surface area (Å²) in [5.74, 6) is 1.15. The van der Waals surface area contributed by atoms with Crippen molar-refractivity contribution in [2.75, 3.05) is 13.2 Å². The van der Waals surface area contributed by atoms with Crippen molar-refractivity contribution in [3.63, 3.8) is 0 Å². The Labute approximate surface area is 113 Å². The first-order valence-electron chi connectivity index (χ1n) is 5.51. The van der Waals surface area contributed by atoms with Gasteiger partial charge in [-0.1, -0.05) is 22.0 Å². The van der Waals surface area contributed by atoms with Crippen molar-refractivity contribution < 1.29 is 13.9 Å². The molecule has 0 aliphatic carbocycles. The van der Waals surface area contributed by atoms with Crippen LogP contribution in [0.3, 0.4) is 0 Å². The van der Waals surface area contributed by atoms with Gasteiger partial charge >= 0.3 is 0 Å². The zero-order chi connectivity index (χ0) is 12.8. The molecule has 4 heteroatoms. The van der Waals surface area contributed by atoms with Crippen LogP contribution < -0.4 is 9.47 Å². The minimum absolute atomic E-state index is 0.271. The van der Waals surface area contributed by atoms with Crippen molar-refractivity contribution in [3.8, 4) is 11.5 Å². The van der Waals surface area contributed by atoms with Crippen LogP contribution in [-0.2, 0) is 0 Å². The molecule has 0 aliphatic heterocycles. The summed E-state index contributed by atoms with van der Waals surface area (Å²) in [6.07, 6.45) is 0. The molecule has 0 N–H and O–H groups in total. The van der Waals surface area contributed by atoms with E-state index in [9.17, 15) is 4.39 Å². The number of hydrogen-bond acceptors (Lipinski definition) is 2. The van der Waals surface area contributed by atoms with Gasteiger partial charge in [-0.05, 0) is 42.5 Å². The van der Waals surface area contributed by atoms with Crippen LogP contribution >= 0.6 is 15.9 Å². The van der Waals surface area contributed by atoms with Gasteiger partial charge < -0.3 is 9.47 Å². The van der Waals surface area contributed by atoms with Crippen molar-refractivity contribution in [2.45, 2.75) is 0 Å². The summed E-state index contributed by atoms with van der Waals surface area (Å²) in [7, 11) is 0. The van der Waals surface area contributed by atoms with Crippen LogP contribution in [0.1, 0.15) is 0 Å². The molecule has 0 saturated heterocycles. The molecule has 0 radical (unpaired) electrons. The van der Waals surface area contributed by atoms with E-state index in [1.54, 1.807) is 12.1 Å². The van der Waals surface area contributed by atoms with E-state index in [1.165, 1.54) is 12.1 Å². The Balaban J connectivity index is 1.74. The maximum atomic E-state index is 12.6. The first-order valence-corrected chi connectivity index (χ1v) is 6.30. The van der Waals surface area contributed by atoms with Gasteiger partial charge in [-0.25, -0.2) is 4.39 Å². The van der Waals surface area contributed by atoms with Crippen LogP contribution in [0.15, 0.2) is 53.0 Å². The summed E-state index contributed by atoms with van der Waals surface area (Å²) < 4.78 is 24.5. The molecule has 18 heavy (non-hydrogen) atoms. The third-order valence-electron chi connectivity index (χ3n) is 2.23. The molecular weight excluding hydrogens is 299 g/mol. The highest BCUT2D eigenvalue weighted by Crippen LogP contribution is 2.17. The molecule has 0 atom stereocenters. The van der Waals surface area contributed by atoms with Crippen molar-refractivity contribution in [2.24, 2.45) is 0 Å². The van der Waals surface area contributed by atoms with Crippen molar-refractivity contribution in [1.82, 2.24) is 0 Å². The summed E-state index contributed by atoms with van der Waals surface area (Å²) in [5.41, 5.74) is 0. The normalized spacial score (nSPS) is 10.1. The average Bonchev–Trinajstić information content (AvgIpc) is 2.37. The molecule has 2 nitrogen and oxygen atoms in total. The lowest BCUT2D eigenvalue weighted by molar-refractivity contribution is 0.217. The van der Waals surface area contributed by atoms with Gasteiger partial charge in [0.25, 0.3) is 0 Å². The van der Waals surface area contributed by atoms with Gasteiger partial charge in [0.1, 0.15) is 30.5 Å². The minimum Gasteiger partial charge on any atom is -0.490 e. The molecule has 0 aromatic heterocycles. The molecular formula is C14H12BrFO2. The van der Waals surface area contributed by atoms with E-state index < -0.39 is 0 Å². The largest absolute Gasteiger partial charge is 0.490 e. The molecule has 0 aliphatic rings. The monoisotopic (exact) mass is 310 g/mol. The Kier molecular flexibility index (Phi) is 4.59. The fourth-order valence-corrected chi connectivity index (χ4v) is 1.78. The van der Waals surface area contributed by atoms with Gasteiger partial charge in [0.05, 0.1) is 0 Å².